The average molecular weight is 498 g/mol. The summed E-state index contributed by atoms with van der Waals surface area (Å²) in [5.74, 6) is 1.67. The maximum Gasteiger partial charge on any atom is 0.272 e. The molecule has 1 unspecified atom stereocenters. The van der Waals surface area contributed by atoms with Gasteiger partial charge in [0.25, 0.3) is 5.91 Å². The Balaban J connectivity index is 1.30. The standard InChI is InChI=1S/C26H39N7O3/c1-4-33-20(8-11-27-33)25(35)31-14-9-26(10-15-31)16-21(24-29-28-23(36-24)19(2)3)32(18-26)17-22(34)30-12-6-5-7-13-30/h8,11,19,21H,4-7,9-10,12-18H2,1-3H3. The normalized spacial score (nSPS) is 22.6. The number of carbonyl (C=O) groups excluding carboxylic acids is 2. The zero-order chi connectivity index (χ0) is 25.3. The van der Waals surface area contributed by atoms with E-state index in [0.717, 1.165) is 51.7 Å². The van der Waals surface area contributed by atoms with Crippen LogP contribution in [0.4, 0.5) is 0 Å². The van der Waals surface area contributed by atoms with Crippen LogP contribution in [-0.4, -0.2) is 85.8 Å². The van der Waals surface area contributed by atoms with E-state index in [9.17, 15) is 9.59 Å². The molecule has 196 valence electrons. The summed E-state index contributed by atoms with van der Waals surface area (Å²) in [4.78, 5) is 32.6. The molecule has 0 saturated carbocycles. The lowest BCUT2D eigenvalue weighted by Crippen LogP contribution is -2.46. The van der Waals surface area contributed by atoms with Gasteiger partial charge in [0.05, 0.1) is 12.6 Å². The first-order valence-electron chi connectivity index (χ1n) is 13.6. The zero-order valence-corrected chi connectivity index (χ0v) is 21.9. The first-order valence-corrected chi connectivity index (χ1v) is 13.6. The molecule has 3 saturated heterocycles. The van der Waals surface area contributed by atoms with Gasteiger partial charge < -0.3 is 14.2 Å². The Hall–Kier alpha value is -2.75. The Morgan fingerprint density at radius 1 is 1.08 bits per heavy atom. The summed E-state index contributed by atoms with van der Waals surface area (Å²) in [5, 5.41) is 12.9. The number of rotatable bonds is 6. The molecule has 0 bridgehead atoms. The Morgan fingerprint density at radius 2 is 1.83 bits per heavy atom. The van der Waals surface area contributed by atoms with E-state index in [4.69, 9.17) is 4.42 Å². The number of piperidine rings is 2. The molecule has 10 heteroatoms. The maximum absolute atomic E-state index is 13.2. The Bertz CT molecular complexity index is 1060. The van der Waals surface area contributed by atoms with Gasteiger partial charge in [0.2, 0.25) is 17.7 Å². The number of likely N-dealkylation sites (tertiary alicyclic amines) is 3. The van der Waals surface area contributed by atoms with Crippen molar-refractivity contribution in [1.29, 1.82) is 0 Å². The molecule has 36 heavy (non-hydrogen) atoms. The molecule has 5 heterocycles. The van der Waals surface area contributed by atoms with Crippen molar-refractivity contribution < 1.29 is 14.0 Å². The van der Waals surface area contributed by atoms with E-state index in [1.165, 1.54) is 6.42 Å². The number of aromatic nitrogens is 4. The number of hydrogen-bond donors (Lipinski definition) is 0. The largest absolute Gasteiger partial charge is 0.423 e. The molecule has 0 aromatic carbocycles. The van der Waals surface area contributed by atoms with Crippen LogP contribution in [0, 0.1) is 5.41 Å². The van der Waals surface area contributed by atoms with Crippen molar-refractivity contribution in [2.45, 2.75) is 77.8 Å². The van der Waals surface area contributed by atoms with Gasteiger partial charge in [-0.15, -0.1) is 10.2 Å². The van der Waals surface area contributed by atoms with Gasteiger partial charge in [-0.1, -0.05) is 13.8 Å². The third-order valence-corrected chi connectivity index (χ3v) is 8.23. The molecular formula is C26H39N7O3. The highest BCUT2D eigenvalue weighted by molar-refractivity contribution is 5.92. The number of aryl methyl sites for hydroxylation is 1. The number of hydrogen-bond acceptors (Lipinski definition) is 7. The predicted molar refractivity (Wildman–Crippen MR) is 133 cm³/mol. The Kier molecular flexibility index (Phi) is 7.14. The average Bonchev–Trinajstić information content (AvgIpc) is 3.64. The SMILES string of the molecule is CCn1nccc1C(=O)N1CCC2(CC1)CC(c1nnc(C(C)C)o1)N(CC(=O)N1CCCCC1)C2. The van der Waals surface area contributed by atoms with Crippen LogP contribution >= 0.6 is 0 Å². The summed E-state index contributed by atoms with van der Waals surface area (Å²) in [6.07, 6.45) is 7.73. The van der Waals surface area contributed by atoms with Crippen LogP contribution in [0.3, 0.4) is 0 Å². The monoisotopic (exact) mass is 497 g/mol. The number of carbonyl (C=O) groups is 2. The van der Waals surface area contributed by atoms with Crippen molar-refractivity contribution in [3.63, 3.8) is 0 Å². The van der Waals surface area contributed by atoms with E-state index in [-0.39, 0.29) is 29.2 Å². The van der Waals surface area contributed by atoms with Gasteiger partial charge >= 0.3 is 0 Å². The fraction of sp³-hybridized carbons (Fsp3) is 0.731. The van der Waals surface area contributed by atoms with Gasteiger partial charge in [0.15, 0.2) is 0 Å². The lowest BCUT2D eigenvalue weighted by molar-refractivity contribution is -0.133. The van der Waals surface area contributed by atoms with Crippen LogP contribution < -0.4 is 0 Å². The molecule has 2 aromatic heterocycles. The molecule has 10 nitrogen and oxygen atoms in total. The quantitative estimate of drug-likeness (QED) is 0.604. The van der Waals surface area contributed by atoms with Gasteiger partial charge in [0, 0.05) is 51.4 Å². The van der Waals surface area contributed by atoms with Gasteiger partial charge in [-0.25, -0.2) is 0 Å². The molecule has 2 aromatic rings. The predicted octanol–water partition coefficient (Wildman–Crippen LogP) is 3.09. The van der Waals surface area contributed by atoms with Crippen LogP contribution in [-0.2, 0) is 11.3 Å². The molecule has 3 aliphatic rings. The minimum atomic E-state index is -0.0671. The minimum absolute atomic E-state index is 0.0289. The smallest absolute Gasteiger partial charge is 0.272 e. The number of amides is 2. The van der Waals surface area contributed by atoms with Crippen molar-refractivity contribution >= 4 is 11.8 Å². The summed E-state index contributed by atoms with van der Waals surface area (Å²) in [6, 6.07) is 1.74. The van der Waals surface area contributed by atoms with E-state index in [1.807, 2.05) is 30.6 Å². The van der Waals surface area contributed by atoms with E-state index >= 15 is 0 Å². The van der Waals surface area contributed by atoms with Crippen molar-refractivity contribution in [3.05, 3.63) is 29.7 Å². The summed E-state index contributed by atoms with van der Waals surface area (Å²) in [5.41, 5.74) is 0.680. The van der Waals surface area contributed by atoms with Crippen LogP contribution in [0.25, 0.3) is 0 Å². The van der Waals surface area contributed by atoms with Gasteiger partial charge in [-0.2, -0.15) is 5.10 Å². The molecule has 3 aliphatic heterocycles. The molecule has 2 amide bonds. The molecule has 3 fully saturated rings. The fourth-order valence-corrected chi connectivity index (χ4v) is 6.06. The lowest BCUT2D eigenvalue weighted by Gasteiger charge is -2.39. The lowest BCUT2D eigenvalue weighted by atomic mass is 9.76. The van der Waals surface area contributed by atoms with Crippen molar-refractivity contribution in [3.8, 4) is 0 Å². The topological polar surface area (TPSA) is 101 Å². The molecular weight excluding hydrogens is 458 g/mol. The summed E-state index contributed by atoms with van der Waals surface area (Å²) >= 11 is 0. The third-order valence-electron chi connectivity index (χ3n) is 8.23. The van der Waals surface area contributed by atoms with Crippen molar-refractivity contribution in [2.75, 3.05) is 39.3 Å². The second-order valence-corrected chi connectivity index (χ2v) is 11.0. The highest BCUT2D eigenvalue weighted by Gasteiger charge is 2.49. The molecule has 5 rings (SSSR count). The molecule has 0 N–H and O–H groups in total. The first-order chi connectivity index (χ1) is 17.4. The fourth-order valence-electron chi connectivity index (χ4n) is 6.06. The van der Waals surface area contributed by atoms with Crippen LogP contribution in [0.1, 0.15) is 93.5 Å². The van der Waals surface area contributed by atoms with Gasteiger partial charge in [0.1, 0.15) is 5.69 Å². The summed E-state index contributed by atoms with van der Waals surface area (Å²) in [7, 11) is 0. The van der Waals surface area contributed by atoms with Gasteiger partial charge in [-0.05, 0) is 56.9 Å². The summed E-state index contributed by atoms with van der Waals surface area (Å²) < 4.78 is 7.85. The second-order valence-electron chi connectivity index (χ2n) is 11.0. The Morgan fingerprint density at radius 3 is 2.50 bits per heavy atom. The van der Waals surface area contributed by atoms with Crippen LogP contribution in [0.15, 0.2) is 16.7 Å². The summed E-state index contributed by atoms with van der Waals surface area (Å²) in [6.45, 7) is 11.1. The highest BCUT2D eigenvalue weighted by Crippen LogP contribution is 2.49. The second kappa shape index (κ2) is 10.3. The minimum Gasteiger partial charge on any atom is -0.423 e. The molecule has 0 aliphatic carbocycles. The third kappa shape index (κ3) is 4.92. The molecule has 1 atom stereocenters. The Labute approximate surface area is 213 Å². The van der Waals surface area contributed by atoms with E-state index < -0.39 is 0 Å². The van der Waals surface area contributed by atoms with Crippen molar-refractivity contribution in [1.82, 2.24) is 34.7 Å². The first kappa shape index (κ1) is 24.9. The number of nitrogens with zero attached hydrogens (tertiary/aromatic N) is 7. The van der Waals surface area contributed by atoms with E-state index in [1.54, 1.807) is 16.9 Å². The van der Waals surface area contributed by atoms with Gasteiger partial charge in [-0.3, -0.25) is 19.2 Å². The highest BCUT2D eigenvalue weighted by atomic mass is 16.4. The molecule has 0 radical (unpaired) electrons. The molecule has 1 spiro atoms. The van der Waals surface area contributed by atoms with E-state index in [2.05, 4.69) is 20.2 Å². The maximum atomic E-state index is 13.2. The van der Waals surface area contributed by atoms with Crippen LogP contribution in [0.2, 0.25) is 0 Å². The zero-order valence-electron chi connectivity index (χ0n) is 21.9. The van der Waals surface area contributed by atoms with E-state index in [0.29, 0.717) is 43.7 Å². The van der Waals surface area contributed by atoms with Crippen molar-refractivity contribution in [2.24, 2.45) is 5.41 Å². The van der Waals surface area contributed by atoms with Crippen LogP contribution in [0.5, 0.6) is 0 Å².